The highest BCUT2D eigenvalue weighted by molar-refractivity contribution is 5.71. The first-order valence-corrected chi connectivity index (χ1v) is 23.3. The van der Waals surface area contributed by atoms with Crippen molar-refractivity contribution in [1.82, 2.24) is 0 Å². The minimum absolute atomic E-state index is 0.0952. The van der Waals surface area contributed by atoms with Crippen molar-refractivity contribution in [3.63, 3.8) is 0 Å². The van der Waals surface area contributed by atoms with Crippen LogP contribution in [0.25, 0.3) is 0 Å². The second kappa shape index (κ2) is 44.8. The standard InChI is InChI=1S/C50H86O6/c1-4-7-10-13-16-19-22-24-25-26-27-29-31-34-37-40-43-49(52)55-46-47(45-54-48(51)42-39-36-33-30-21-18-15-12-9-6-3)56-50(53)44-41-38-35-32-28-23-20-17-14-11-8-5-2/h8,11,15,17-18,20,25-27,29,47H,4-7,9-10,12-14,16,19,21-24,28,30-46H2,1-3H3/b11-8-,18-15-,20-17-,26-25-,29-27-. The van der Waals surface area contributed by atoms with Crippen LogP contribution in [0.2, 0.25) is 0 Å². The Morgan fingerprint density at radius 3 is 1.27 bits per heavy atom. The summed E-state index contributed by atoms with van der Waals surface area (Å²) in [6, 6.07) is 0. The topological polar surface area (TPSA) is 78.9 Å². The molecule has 0 aliphatic carbocycles. The van der Waals surface area contributed by atoms with Gasteiger partial charge in [-0.25, -0.2) is 0 Å². The predicted octanol–water partition coefficient (Wildman–Crippen LogP) is 14.9. The summed E-state index contributed by atoms with van der Waals surface area (Å²) in [5, 5.41) is 0. The molecular weight excluding hydrogens is 697 g/mol. The SMILES string of the molecule is CC/C=C\C/C=C\CCCCCCCC(=O)OC(COC(=O)CCCCC/C=C\C=C/CCCCCCCCC)COC(=O)CCCCCC/C=C\CCCC. The maximum absolute atomic E-state index is 12.7. The van der Waals surface area contributed by atoms with E-state index in [1.54, 1.807) is 0 Å². The molecule has 6 heteroatoms. The Hall–Kier alpha value is -2.89. The summed E-state index contributed by atoms with van der Waals surface area (Å²) in [5.74, 6) is -0.954. The van der Waals surface area contributed by atoms with Gasteiger partial charge >= 0.3 is 17.9 Å². The zero-order chi connectivity index (χ0) is 40.8. The van der Waals surface area contributed by atoms with Crippen LogP contribution in [-0.4, -0.2) is 37.2 Å². The van der Waals surface area contributed by atoms with Gasteiger partial charge in [0.15, 0.2) is 6.10 Å². The summed E-state index contributed by atoms with van der Waals surface area (Å²) >= 11 is 0. The highest BCUT2D eigenvalue weighted by atomic mass is 16.6. The molecule has 0 fully saturated rings. The van der Waals surface area contributed by atoms with Crippen molar-refractivity contribution in [2.45, 2.75) is 226 Å². The van der Waals surface area contributed by atoms with Gasteiger partial charge in [-0.05, 0) is 89.9 Å². The molecule has 0 aliphatic rings. The Balaban J connectivity index is 4.43. The van der Waals surface area contributed by atoms with E-state index in [9.17, 15) is 14.4 Å². The summed E-state index contributed by atoms with van der Waals surface area (Å²) in [6.07, 6.45) is 53.5. The van der Waals surface area contributed by atoms with Crippen LogP contribution in [0.3, 0.4) is 0 Å². The van der Waals surface area contributed by atoms with Gasteiger partial charge in [0.2, 0.25) is 0 Å². The maximum Gasteiger partial charge on any atom is 0.306 e. The third-order valence-corrected chi connectivity index (χ3v) is 9.75. The zero-order valence-electron chi connectivity index (χ0n) is 36.6. The number of esters is 3. The van der Waals surface area contributed by atoms with Crippen LogP contribution in [0.4, 0.5) is 0 Å². The number of hydrogen-bond donors (Lipinski definition) is 0. The Labute approximate surface area is 345 Å². The highest BCUT2D eigenvalue weighted by Crippen LogP contribution is 2.13. The third-order valence-electron chi connectivity index (χ3n) is 9.75. The van der Waals surface area contributed by atoms with Gasteiger partial charge in [-0.15, -0.1) is 0 Å². The Morgan fingerprint density at radius 1 is 0.393 bits per heavy atom. The monoisotopic (exact) mass is 783 g/mol. The first kappa shape index (κ1) is 53.1. The molecule has 1 unspecified atom stereocenters. The van der Waals surface area contributed by atoms with Gasteiger partial charge in [-0.2, -0.15) is 0 Å². The predicted molar refractivity (Wildman–Crippen MR) is 238 cm³/mol. The quantitative estimate of drug-likeness (QED) is 0.0202. The number of rotatable bonds is 41. The van der Waals surface area contributed by atoms with Crippen LogP contribution in [0.5, 0.6) is 0 Å². The van der Waals surface area contributed by atoms with Crippen molar-refractivity contribution < 1.29 is 28.6 Å². The molecule has 0 rings (SSSR count). The molecule has 0 saturated carbocycles. The smallest absolute Gasteiger partial charge is 0.306 e. The van der Waals surface area contributed by atoms with Gasteiger partial charge in [0.25, 0.3) is 0 Å². The molecule has 0 aromatic rings. The van der Waals surface area contributed by atoms with E-state index in [1.165, 1.54) is 57.8 Å². The lowest BCUT2D eigenvalue weighted by molar-refractivity contribution is -0.167. The van der Waals surface area contributed by atoms with E-state index in [2.05, 4.69) is 81.5 Å². The summed E-state index contributed by atoms with van der Waals surface area (Å²) < 4.78 is 16.7. The van der Waals surface area contributed by atoms with Crippen LogP contribution in [-0.2, 0) is 28.6 Å². The molecule has 0 amide bonds. The van der Waals surface area contributed by atoms with Gasteiger partial charge in [0.05, 0.1) is 0 Å². The first-order chi connectivity index (χ1) is 27.5. The van der Waals surface area contributed by atoms with Crippen molar-refractivity contribution >= 4 is 17.9 Å². The molecule has 0 spiro atoms. The molecule has 0 bridgehead atoms. The van der Waals surface area contributed by atoms with Gasteiger partial charge in [-0.3, -0.25) is 14.4 Å². The Kier molecular flexibility index (Phi) is 42.5. The lowest BCUT2D eigenvalue weighted by Gasteiger charge is -2.18. The van der Waals surface area contributed by atoms with Crippen molar-refractivity contribution in [2.24, 2.45) is 0 Å². The molecule has 322 valence electrons. The number of ether oxygens (including phenoxy) is 3. The summed E-state index contributed by atoms with van der Waals surface area (Å²) in [4.78, 5) is 37.7. The van der Waals surface area contributed by atoms with Gasteiger partial charge in [-0.1, -0.05) is 171 Å². The van der Waals surface area contributed by atoms with Crippen LogP contribution >= 0.6 is 0 Å². The fourth-order valence-electron chi connectivity index (χ4n) is 6.21. The fourth-order valence-corrected chi connectivity index (χ4v) is 6.21. The molecule has 0 aliphatic heterocycles. The first-order valence-electron chi connectivity index (χ1n) is 23.3. The number of carbonyl (C=O) groups excluding carboxylic acids is 3. The lowest BCUT2D eigenvalue weighted by atomic mass is 10.1. The molecule has 0 aromatic carbocycles. The van der Waals surface area contributed by atoms with E-state index >= 15 is 0 Å². The number of allylic oxidation sites excluding steroid dienone is 10. The Morgan fingerprint density at radius 2 is 0.768 bits per heavy atom. The third kappa shape index (κ3) is 42.3. The van der Waals surface area contributed by atoms with Crippen LogP contribution in [0.1, 0.15) is 220 Å². The molecule has 1 atom stereocenters. The second-order valence-corrected chi connectivity index (χ2v) is 15.3. The highest BCUT2D eigenvalue weighted by Gasteiger charge is 2.19. The summed E-state index contributed by atoms with van der Waals surface area (Å²) in [5.41, 5.74) is 0. The van der Waals surface area contributed by atoms with Crippen molar-refractivity contribution in [3.05, 3.63) is 60.8 Å². The fraction of sp³-hybridized carbons (Fsp3) is 0.740. The van der Waals surface area contributed by atoms with E-state index < -0.39 is 6.10 Å². The minimum atomic E-state index is -0.794. The van der Waals surface area contributed by atoms with E-state index in [0.29, 0.717) is 19.3 Å². The van der Waals surface area contributed by atoms with E-state index in [1.807, 2.05) is 0 Å². The molecular formula is C50H86O6. The molecule has 0 N–H and O–H groups in total. The van der Waals surface area contributed by atoms with Crippen LogP contribution in [0.15, 0.2) is 60.8 Å². The Bertz CT molecular complexity index is 1040. The molecule has 0 saturated heterocycles. The molecule has 56 heavy (non-hydrogen) atoms. The van der Waals surface area contributed by atoms with Gasteiger partial charge in [0, 0.05) is 19.3 Å². The van der Waals surface area contributed by atoms with E-state index in [-0.39, 0.29) is 31.1 Å². The second-order valence-electron chi connectivity index (χ2n) is 15.3. The molecule has 0 aromatic heterocycles. The number of hydrogen-bond acceptors (Lipinski definition) is 6. The van der Waals surface area contributed by atoms with Crippen molar-refractivity contribution in [3.8, 4) is 0 Å². The normalized spacial score (nSPS) is 12.6. The maximum atomic E-state index is 12.7. The van der Waals surface area contributed by atoms with Crippen LogP contribution in [0, 0.1) is 0 Å². The number of carbonyl (C=O) groups is 3. The molecule has 6 nitrogen and oxygen atoms in total. The van der Waals surface area contributed by atoms with Crippen LogP contribution < -0.4 is 0 Å². The largest absolute Gasteiger partial charge is 0.462 e. The number of unbranched alkanes of at least 4 members (excludes halogenated alkanes) is 21. The minimum Gasteiger partial charge on any atom is -0.462 e. The average Bonchev–Trinajstić information content (AvgIpc) is 3.19. The van der Waals surface area contributed by atoms with Crippen molar-refractivity contribution in [1.29, 1.82) is 0 Å². The van der Waals surface area contributed by atoms with Gasteiger partial charge in [0.1, 0.15) is 13.2 Å². The summed E-state index contributed by atoms with van der Waals surface area (Å²) in [6.45, 7) is 6.42. The van der Waals surface area contributed by atoms with Crippen molar-refractivity contribution in [2.75, 3.05) is 13.2 Å². The molecule has 0 radical (unpaired) electrons. The summed E-state index contributed by atoms with van der Waals surface area (Å²) in [7, 11) is 0. The van der Waals surface area contributed by atoms with Gasteiger partial charge < -0.3 is 14.2 Å². The van der Waals surface area contributed by atoms with E-state index in [4.69, 9.17) is 14.2 Å². The van der Waals surface area contributed by atoms with E-state index in [0.717, 1.165) is 122 Å². The lowest BCUT2D eigenvalue weighted by Crippen LogP contribution is -2.30. The molecule has 0 heterocycles. The zero-order valence-corrected chi connectivity index (χ0v) is 36.6. The average molecular weight is 783 g/mol.